The van der Waals surface area contributed by atoms with E-state index in [4.69, 9.17) is 0 Å². The molecule has 0 fully saturated rings. The lowest BCUT2D eigenvalue weighted by molar-refractivity contribution is 0.0962. The van der Waals surface area contributed by atoms with Crippen molar-refractivity contribution in [2.45, 2.75) is 0 Å². The van der Waals surface area contributed by atoms with Crippen LogP contribution < -0.4 is 10.6 Å². The topological polar surface area (TPSA) is 58.2 Å². The average molecular weight is 290 g/mol. The third-order valence-corrected chi connectivity index (χ3v) is 2.81. The van der Waals surface area contributed by atoms with Gasteiger partial charge >= 0.3 is 0 Å². The van der Waals surface area contributed by atoms with Crippen LogP contribution >= 0.6 is 0 Å². The summed E-state index contributed by atoms with van der Waals surface area (Å²) in [6.45, 7) is 0. The van der Waals surface area contributed by atoms with Crippen molar-refractivity contribution >= 4 is 17.5 Å². The summed E-state index contributed by atoms with van der Waals surface area (Å²) < 4.78 is 26.2. The fourth-order valence-corrected chi connectivity index (χ4v) is 1.72. The Kier molecular flexibility index (Phi) is 4.27. The van der Waals surface area contributed by atoms with Crippen molar-refractivity contribution in [1.82, 2.24) is 5.32 Å². The van der Waals surface area contributed by atoms with E-state index in [1.54, 1.807) is 0 Å². The molecule has 0 saturated carbocycles. The van der Waals surface area contributed by atoms with Crippen LogP contribution in [0.25, 0.3) is 0 Å². The molecule has 0 bridgehead atoms. The van der Waals surface area contributed by atoms with Crippen molar-refractivity contribution < 1.29 is 18.4 Å². The molecular formula is C15H12F2N2O2. The molecule has 0 aliphatic carbocycles. The summed E-state index contributed by atoms with van der Waals surface area (Å²) in [5, 5.41) is 4.94. The van der Waals surface area contributed by atoms with E-state index in [2.05, 4.69) is 10.6 Å². The second-order valence-corrected chi connectivity index (χ2v) is 4.23. The van der Waals surface area contributed by atoms with Crippen LogP contribution in [-0.2, 0) is 0 Å². The largest absolute Gasteiger partial charge is 0.355 e. The molecule has 4 nitrogen and oxygen atoms in total. The lowest BCUT2D eigenvalue weighted by Crippen LogP contribution is -2.18. The van der Waals surface area contributed by atoms with E-state index in [1.165, 1.54) is 31.3 Å². The molecule has 21 heavy (non-hydrogen) atoms. The van der Waals surface area contributed by atoms with Crippen LogP contribution in [0.3, 0.4) is 0 Å². The van der Waals surface area contributed by atoms with Crippen LogP contribution in [0.15, 0.2) is 42.5 Å². The van der Waals surface area contributed by atoms with Crippen LogP contribution in [-0.4, -0.2) is 18.9 Å². The zero-order chi connectivity index (χ0) is 15.4. The number of amides is 2. The summed E-state index contributed by atoms with van der Waals surface area (Å²) in [5.74, 6) is -2.63. The highest BCUT2D eigenvalue weighted by molar-refractivity contribution is 6.04. The summed E-state index contributed by atoms with van der Waals surface area (Å²) in [6, 6.07) is 8.80. The molecule has 0 radical (unpaired) electrons. The van der Waals surface area contributed by atoms with Gasteiger partial charge in [0.15, 0.2) is 0 Å². The van der Waals surface area contributed by atoms with E-state index >= 15 is 0 Å². The third kappa shape index (κ3) is 3.42. The SMILES string of the molecule is CNC(=O)c1ccc(NC(=O)c2ccc(F)cc2F)cc1. The van der Waals surface area contributed by atoms with E-state index in [0.717, 1.165) is 12.1 Å². The second kappa shape index (κ2) is 6.13. The predicted octanol–water partition coefficient (Wildman–Crippen LogP) is 2.58. The van der Waals surface area contributed by atoms with Gasteiger partial charge in [-0.1, -0.05) is 0 Å². The number of carbonyl (C=O) groups excluding carboxylic acids is 2. The highest BCUT2D eigenvalue weighted by atomic mass is 19.1. The standard InChI is InChI=1S/C15H12F2N2O2/c1-18-14(20)9-2-5-11(6-3-9)19-15(21)12-7-4-10(16)8-13(12)17/h2-8H,1H3,(H,18,20)(H,19,21). The first-order valence-corrected chi connectivity index (χ1v) is 6.10. The van der Waals surface area contributed by atoms with Crippen molar-refractivity contribution in [2.75, 3.05) is 12.4 Å². The molecule has 0 aliphatic rings. The number of carbonyl (C=O) groups is 2. The Balaban J connectivity index is 2.14. The predicted molar refractivity (Wildman–Crippen MR) is 74.1 cm³/mol. The Hall–Kier alpha value is -2.76. The summed E-state index contributed by atoms with van der Waals surface area (Å²) in [4.78, 5) is 23.2. The minimum atomic E-state index is -0.936. The van der Waals surface area contributed by atoms with E-state index in [0.29, 0.717) is 17.3 Å². The molecule has 2 aromatic rings. The number of hydrogen-bond acceptors (Lipinski definition) is 2. The molecular weight excluding hydrogens is 278 g/mol. The molecule has 6 heteroatoms. The molecule has 0 unspecified atom stereocenters. The molecule has 0 aromatic heterocycles. The Morgan fingerprint density at radius 1 is 0.952 bits per heavy atom. The zero-order valence-electron chi connectivity index (χ0n) is 11.1. The first-order valence-electron chi connectivity index (χ1n) is 6.10. The molecule has 2 rings (SSSR count). The molecule has 0 atom stereocenters. The van der Waals surface area contributed by atoms with E-state index < -0.39 is 17.5 Å². The number of anilines is 1. The van der Waals surface area contributed by atoms with Gasteiger partial charge in [-0.2, -0.15) is 0 Å². The highest BCUT2D eigenvalue weighted by Gasteiger charge is 2.13. The van der Waals surface area contributed by atoms with Crippen molar-refractivity contribution in [3.63, 3.8) is 0 Å². The fraction of sp³-hybridized carbons (Fsp3) is 0.0667. The van der Waals surface area contributed by atoms with Crippen LogP contribution in [0.4, 0.5) is 14.5 Å². The van der Waals surface area contributed by atoms with Crippen molar-refractivity contribution in [1.29, 1.82) is 0 Å². The van der Waals surface area contributed by atoms with E-state index in [9.17, 15) is 18.4 Å². The zero-order valence-corrected chi connectivity index (χ0v) is 11.1. The maximum absolute atomic E-state index is 13.5. The molecule has 0 spiro atoms. The summed E-state index contributed by atoms with van der Waals surface area (Å²) in [6.07, 6.45) is 0. The van der Waals surface area contributed by atoms with Gasteiger partial charge in [-0.3, -0.25) is 9.59 Å². The van der Waals surface area contributed by atoms with Gasteiger partial charge in [-0.05, 0) is 36.4 Å². The van der Waals surface area contributed by atoms with Crippen molar-refractivity contribution in [3.8, 4) is 0 Å². The molecule has 2 aromatic carbocycles. The van der Waals surface area contributed by atoms with Crippen LogP contribution in [0.2, 0.25) is 0 Å². The smallest absolute Gasteiger partial charge is 0.258 e. The minimum Gasteiger partial charge on any atom is -0.355 e. The lowest BCUT2D eigenvalue weighted by Gasteiger charge is -2.07. The van der Waals surface area contributed by atoms with E-state index in [1.807, 2.05) is 0 Å². The van der Waals surface area contributed by atoms with Gasteiger partial charge in [-0.25, -0.2) is 8.78 Å². The average Bonchev–Trinajstić information content (AvgIpc) is 2.47. The highest BCUT2D eigenvalue weighted by Crippen LogP contribution is 2.14. The molecule has 0 heterocycles. The first kappa shape index (κ1) is 14.6. The van der Waals surface area contributed by atoms with E-state index in [-0.39, 0.29) is 11.5 Å². The Labute approximate surface area is 119 Å². The summed E-state index contributed by atoms with van der Waals surface area (Å²) in [7, 11) is 1.51. The normalized spacial score (nSPS) is 10.0. The van der Waals surface area contributed by atoms with Gasteiger partial charge in [0.25, 0.3) is 11.8 Å². The van der Waals surface area contributed by atoms with Crippen LogP contribution in [0.5, 0.6) is 0 Å². The number of nitrogens with one attached hydrogen (secondary N) is 2. The summed E-state index contributed by atoms with van der Waals surface area (Å²) in [5.41, 5.74) is 0.576. The van der Waals surface area contributed by atoms with Crippen LogP contribution in [0.1, 0.15) is 20.7 Å². The molecule has 2 amide bonds. The lowest BCUT2D eigenvalue weighted by atomic mass is 10.1. The van der Waals surface area contributed by atoms with Crippen LogP contribution in [0, 0.1) is 11.6 Å². The maximum Gasteiger partial charge on any atom is 0.258 e. The first-order chi connectivity index (χ1) is 10.0. The van der Waals surface area contributed by atoms with Crippen molar-refractivity contribution in [3.05, 3.63) is 65.2 Å². The molecule has 0 saturated heterocycles. The van der Waals surface area contributed by atoms with Gasteiger partial charge in [0.2, 0.25) is 0 Å². The fourth-order valence-electron chi connectivity index (χ4n) is 1.72. The third-order valence-electron chi connectivity index (χ3n) is 2.81. The van der Waals surface area contributed by atoms with Gasteiger partial charge < -0.3 is 10.6 Å². The van der Waals surface area contributed by atoms with Crippen molar-refractivity contribution in [2.24, 2.45) is 0 Å². The summed E-state index contributed by atoms with van der Waals surface area (Å²) >= 11 is 0. The second-order valence-electron chi connectivity index (χ2n) is 4.23. The number of halogens is 2. The molecule has 0 aliphatic heterocycles. The molecule has 108 valence electrons. The Morgan fingerprint density at radius 2 is 1.62 bits per heavy atom. The maximum atomic E-state index is 13.5. The van der Waals surface area contributed by atoms with Gasteiger partial charge in [-0.15, -0.1) is 0 Å². The van der Waals surface area contributed by atoms with Gasteiger partial charge in [0.05, 0.1) is 5.56 Å². The Bertz CT molecular complexity index is 685. The Morgan fingerprint density at radius 3 is 2.19 bits per heavy atom. The number of benzene rings is 2. The van der Waals surface area contributed by atoms with Gasteiger partial charge in [0.1, 0.15) is 11.6 Å². The minimum absolute atomic E-state index is 0.252. The number of rotatable bonds is 3. The quantitative estimate of drug-likeness (QED) is 0.912. The van der Waals surface area contributed by atoms with Gasteiger partial charge in [0, 0.05) is 24.4 Å². The molecule has 2 N–H and O–H groups in total. The monoisotopic (exact) mass is 290 g/mol. The number of hydrogen-bond donors (Lipinski definition) is 2.